The number of aromatic nitrogens is 1. The highest BCUT2D eigenvalue weighted by atomic mass is 32.1. The van der Waals surface area contributed by atoms with E-state index in [2.05, 4.69) is 9.88 Å². The predicted octanol–water partition coefficient (Wildman–Crippen LogP) is 4.80. The van der Waals surface area contributed by atoms with Crippen LogP contribution < -0.4 is 9.80 Å². The zero-order valence-electron chi connectivity index (χ0n) is 16.4. The van der Waals surface area contributed by atoms with Crippen LogP contribution in [0, 0.1) is 31.4 Å². The quantitative estimate of drug-likeness (QED) is 0.616. The maximum Gasteiger partial charge on any atom is 0.235 e. The zero-order chi connectivity index (χ0) is 20.7. The normalized spacial score (nSPS) is 14.0. The molecule has 1 aromatic heterocycles. The van der Waals surface area contributed by atoms with Crippen LogP contribution in [0.2, 0.25) is 0 Å². The number of hydrogen-bond acceptors (Lipinski definition) is 4. The number of hydrogen-bond donors (Lipinski definition) is 0. The smallest absolute Gasteiger partial charge is 0.235 e. The third-order valence-corrected chi connectivity index (χ3v) is 6.50. The van der Waals surface area contributed by atoms with E-state index >= 15 is 0 Å². The lowest BCUT2D eigenvalue weighted by Crippen LogP contribution is -2.54. The molecule has 0 unspecified atom stereocenters. The van der Waals surface area contributed by atoms with Gasteiger partial charge in [0.05, 0.1) is 11.6 Å². The summed E-state index contributed by atoms with van der Waals surface area (Å²) in [5.74, 6) is -1.69. The van der Waals surface area contributed by atoms with E-state index in [1.165, 1.54) is 17.4 Å². The molecule has 0 radical (unpaired) electrons. The van der Waals surface area contributed by atoms with Gasteiger partial charge in [0.2, 0.25) is 5.91 Å². The number of aryl methyl sites for hydroxylation is 2. The molecule has 0 saturated carbocycles. The van der Waals surface area contributed by atoms with Crippen molar-refractivity contribution in [2.45, 2.75) is 13.8 Å². The highest BCUT2D eigenvalue weighted by Gasteiger charge is 2.35. The Kier molecular flexibility index (Phi) is 5.08. The SMILES string of the molecule is Cc1nc(N(C)C(=O)C2CN(c3ccc(-c4ccc(F)c(F)c4)cc3)C2)sc1C. The Balaban J connectivity index is 1.39. The van der Waals surface area contributed by atoms with Crippen LogP contribution in [0.15, 0.2) is 42.5 Å². The van der Waals surface area contributed by atoms with Crippen molar-refractivity contribution in [1.29, 1.82) is 0 Å². The number of halogens is 2. The lowest BCUT2D eigenvalue weighted by Gasteiger charge is -2.41. The van der Waals surface area contributed by atoms with Gasteiger partial charge in [0, 0.05) is 30.7 Å². The van der Waals surface area contributed by atoms with Crippen molar-refractivity contribution >= 4 is 28.1 Å². The van der Waals surface area contributed by atoms with Crippen LogP contribution >= 0.6 is 11.3 Å². The Morgan fingerprint density at radius 2 is 1.72 bits per heavy atom. The fourth-order valence-corrected chi connectivity index (χ4v) is 4.23. The highest BCUT2D eigenvalue weighted by Crippen LogP contribution is 2.31. The average molecular weight is 413 g/mol. The number of amides is 1. The van der Waals surface area contributed by atoms with Crippen molar-refractivity contribution in [2.75, 3.05) is 29.9 Å². The lowest BCUT2D eigenvalue weighted by molar-refractivity contribution is -0.122. The highest BCUT2D eigenvalue weighted by molar-refractivity contribution is 7.15. The van der Waals surface area contributed by atoms with Gasteiger partial charge >= 0.3 is 0 Å². The van der Waals surface area contributed by atoms with Gasteiger partial charge in [-0.1, -0.05) is 18.2 Å². The summed E-state index contributed by atoms with van der Waals surface area (Å²) in [6, 6.07) is 11.5. The summed E-state index contributed by atoms with van der Waals surface area (Å²) in [6.07, 6.45) is 0. The van der Waals surface area contributed by atoms with Crippen molar-refractivity contribution in [3.8, 4) is 11.1 Å². The largest absolute Gasteiger partial charge is 0.370 e. The number of anilines is 2. The molecule has 0 spiro atoms. The molecule has 0 bridgehead atoms. The molecule has 0 atom stereocenters. The van der Waals surface area contributed by atoms with E-state index in [9.17, 15) is 13.6 Å². The molecule has 29 heavy (non-hydrogen) atoms. The van der Waals surface area contributed by atoms with Gasteiger partial charge in [0.15, 0.2) is 16.8 Å². The Hall–Kier alpha value is -2.80. The van der Waals surface area contributed by atoms with E-state index in [0.29, 0.717) is 18.7 Å². The number of carbonyl (C=O) groups is 1. The van der Waals surface area contributed by atoms with Crippen LogP contribution in [-0.2, 0) is 4.79 Å². The topological polar surface area (TPSA) is 36.4 Å². The van der Waals surface area contributed by atoms with Gasteiger partial charge in [0.25, 0.3) is 0 Å². The fourth-order valence-electron chi connectivity index (χ4n) is 3.35. The van der Waals surface area contributed by atoms with E-state index < -0.39 is 11.6 Å². The van der Waals surface area contributed by atoms with E-state index in [-0.39, 0.29) is 11.8 Å². The Bertz CT molecular complexity index is 1040. The van der Waals surface area contributed by atoms with E-state index in [1.807, 2.05) is 38.1 Å². The zero-order valence-corrected chi connectivity index (χ0v) is 17.3. The van der Waals surface area contributed by atoms with Crippen molar-refractivity contribution in [1.82, 2.24) is 4.98 Å². The summed E-state index contributed by atoms with van der Waals surface area (Å²) in [5.41, 5.74) is 3.41. The van der Waals surface area contributed by atoms with Gasteiger partial charge in [-0.05, 0) is 49.2 Å². The Labute approximate surface area is 172 Å². The molecule has 1 fully saturated rings. The molecule has 1 saturated heterocycles. The van der Waals surface area contributed by atoms with E-state index in [4.69, 9.17) is 0 Å². The van der Waals surface area contributed by atoms with Crippen molar-refractivity contribution < 1.29 is 13.6 Å². The maximum absolute atomic E-state index is 13.4. The first-order chi connectivity index (χ1) is 13.8. The predicted molar refractivity (Wildman–Crippen MR) is 112 cm³/mol. The first kappa shape index (κ1) is 19.5. The van der Waals surface area contributed by atoms with E-state index in [0.717, 1.165) is 33.0 Å². The van der Waals surface area contributed by atoms with E-state index in [1.54, 1.807) is 18.0 Å². The van der Waals surface area contributed by atoms with Crippen molar-refractivity contribution in [3.63, 3.8) is 0 Å². The fraction of sp³-hybridized carbons (Fsp3) is 0.273. The summed E-state index contributed by atoms with van der Waals surface area (Å²) in [7, 11) is 1.78. The first-order valence-corrected chi connectivity index (χ1v) is 10.2. The summed E-state index contributed by atoms with van der Waals surface area (Å²) in [5, 5.41) is 0.735. The van der Waals surface area contributed by atoms with Gasteiger partial charge < -0.3 is 4.90 Å². The minimum atomic E-state index is -0.856. The van der Waals surface area contributed by atoms with Crippen molar-refractivity contribution in [2.24, 2.45) is 5.92 Å². The molecule has 1 aliphatic rings. The summed E-state index contributed by atoms with van der Waals surface area (Å²) in [4.78, 5) is 22.1. The van der Waals surface area contributed by atoms with Gasteiger partial charge in [-0.25, -0.2) is 13.8 Å². The average Bonchev–Trinajstić information content (AvgIpc) is 3.01. The number of rotatable bonds is 4. The summed E-state index contributed by atoms with van der Waals surface area (Å²) >= 11 is 1.53. The molecular weight excluding hydrogens is 392 g/mol. The molecule has 2 heterocycles. The second-order valence-corrected chi connectivity index (χ2v) is 8.49. The number of benzene rings is 2. The molecular formula is C22H21F2N3OS. The van der Waals surface area contributed by atoms with Crippen LogP contribution in [0.3, 0.4) is 0 Å². The van der Waals surface area contributed by atoms with Crippen LogP contribution in [-0.4, -0.2) is 31.0 Å². The van der Waals surface area contributed by atoms with Gasteiger partial charge in [-0.2, -0.15) is 0 Å². The maximum atomic E-state index is 13.4. The third-order valence-electron chi connectivity index (χ3n) is 5.35. The minimum Gasteiger partial charge on any atom is -0.370 e. The van der Waals surface area contributed by atoms with Crippen molar-refractivity contribution in [3.05, 3.63) is 64.7 Å². The van der Waals surface area contributed by atoms with Crippen LogP contribution in [0.4, 0.5) is 19.6 Å². The second kappa shape index (κ2) is 7.55. The standard InChI is InChI=1S/C22H21F2N3OS/c1-13-14(2)29-22(25-13)26(3)21(28)17-11-27(12-17)18-7-4-15(5-8-18)16-6-9-19(23)20(24)10-16/h4-10,17H,11-12H2,1-3H3. The Morgan fingerprint density at radius 1 is 1.07 bits per heavy atom. The molecule has 2 aromatic carbocycles. The monoisotopic (exact) mass is 413 g/mol. The number of thiazole rings is 1. The minimum absolute atomic E-state index is 0.0598. The molecule has 1 amide bonds. The molecule has 0 aliphatic carbocycles. The number of carbonyl (C=O) groups excluding carboxylic acids is 1. The molecule has 0 N–H and O–H groups in total. The van der Waals surface area contributed by atoms with Crippen LogP contribution in [0.1, 0.15) is 10.6 Å². The lowest BCUT2D eigenvalue weighted by atomic mass is 9.97. The first-order valence-electron chi connectivity index (χ1n) is 9.35. The number of nitrogens with zero attached hydrogens (tertiary/aromatic N) is 3. The molecule has 150 valence electrons. The molecule has 4 rings (SSSR count). The van der Waals surface area contributed by atoms with Gasteiger partial charge in [0.1, 0.15) is 0 Å². The molecule has 3 aromatic rings. The van der Waals surface area contributed by atoms with Gasteiger partial charge in [-0.3, -0.25) is 9.69 Å². The summed E-state index contributed by atoms with van der Waals surface area (Å²) in [6.45, 7) is 5.25. The van der Waals surface area contributed by atoms with Gasteiger partial charge in [-0.15, -0.1) is 11.3 Å². The molecule has 7 heteroatoms. The van der Waals surface area contributed by atoms with Crippen LogP contribution in [0.5, 0.6) is 0 Å². The second-order valence-electron chi connectivity index (χ2n) is 7.31. The van der Waals surface area contributed by atoms with Crippen LogP contribution in [0.25, 0.3) is 11.1 Å². The summed E-state index contributed by atoms with van der Waals surface area (Å²) < 4.78 is 26.6. The molecule has 4 nitrogen and oxygen atoms in total. The Morgan fingerprint density at radius 3 is 2.31 bits per heavy atom. The molecule has 1 aliphatic heterocycles. The third kappa shape index (κ3) is 3.74.